The van der Waals surface area contributed by atoms with E-state index in [9.17, 15) is 13.6 Å². The van der Waals surface area contributed by atoms with Crippen molar-refractivity contribution in [1.82, 2.24) is 5.32 Å². The van der Waals surface area contributed by atoms with Gasteiger partial charge in [-0.2, -0.15) is 0 Å². The molecule has 0 aliphatic rings. The molecule has 1 N–H and O–H groups in total. The maximum atomic E-state index is 12.5. The Labute approximate surface area is 88.2 Å². The Morgan fingerprint density at radius 3 is 2.13 bits per heavy atom. The molecule has 0 aromatic rings. The van der Waals surface area contributed by atoms with Crippen molar-refractivity contribution in [3.63, 3.8) is 0 Å². The Kier molecular flexibility index (Phi) is 4.08. The van der Waals surface area contributed by atoms with Gasteiger partial charge in [-0.1, -0.05) is 5.92 Å². The summed E-state index contributed by atoms with van der Waals surface area (Å²) in [6, 6.07) is 0. The number of nitrogens with one attached hydrogen (secondary N) is 1. The fraction of sp³-hybridized carbons (Fsp3) is 0.700. The van der Waals surface area contributed by atoms with Gasteiger partial charge in [0.05, 0.1) is 0 Å². The first-order valence-electron chi connectivity index (χ1n) is 4.38. The van der Waals surface area contributed by atoms with Crippen LogP contribution in [0, 0.1) is 12.3 Å². The van der Waals surface area contributed by atoms with Crippen LogP contribution in [0.2, 0.25) is 0 Å². The smallest absolute Gasteiger partial charge is 0.409 e. The van der Waals surface area contributed by atoms with Crippen LogP contribution in [-0.4, -0.2) is 23.7 Å². The third-order valence-electron chi connectivity index (χ3n) is 1.50. The Balaban J connectivity index is 4.47. The molecular formula is C10H15F2NO2. The van der Waals surface area contributed by atoms with Gasteiger partial charge in [-0.3, -0.25) is 5.32 Å². The van der Waals surface area contributed by atoms with Gasteiger partial charge in [0.25, 0.3) is 6.43 Å². The number of carbonyl (C=O) groups is 1. The van der Waals surface area contributed by atoms with Gasteiger partial charge in [0.2, 0.25) is 0 Å². The highest BCUT2D eigenvalue weighted by Gasteiger charge is 2.36. The van der Waals surface area contributed by atoms with Crippen LogP contribution in [0.4, 0.5) is 13.6 Å². The number of hydrogen-bond donors (Lipinski definition) is 1. The van der Waals surface area contributed by atoms with E-state index in [2.05, 4.69) is 0 Å². The third-order valence-corrected chi connectivity index (χ3v) is 1.50. The van der Waals surface area contributed by atoms with E-state index in [0.29, 0.717) is 0 Å². The number of terminal acetylenes is 1. The number of alkyl halides is 2. The first-order chi connectivity index (χ1) is 6.60. The lowest BCUT2D eigenvalue weighted by Crippen LogP contribution is -2.51. The average Bonchev–Trinajstić information content (AvgIpc) is 1.99. The summed E-state index contributed by atoms with van der Waals surface area (Å²) in [6.45, 7) is 5.94. The molecule has 0 spiro atoms. The van der Waals surface area contributed by atoms with Crippen LogP contribution in [-0.2, 0) is 4.74 Å². The van der Waals surface area contributed by atoms with Gasteiger partial charge in [0.1, 0.15) is 5.60 Å². The molecule has 0 aromatic carbocycles. The number of rotatable bonds is 2. The average molecular weight is 219 g/mol. The van der Waals surface area contributed by atoms with Crippen LogP contribution in [0.15, 0.2) is 0 Å². The monoisotopic (exact) mass is 219 g/mol. The highest BCUT2D eigenvalue weighted by atomic mass is 19.3. The van der Waals surface area contributed by atoms with Gasteiger partial charge in [-0.15, -0.1) is 6.42 Å². The second-order valence-corrected chi connectivity index (χ2v) is 4.27. The second-order valence-electron chi connectivity index (χ2n) is 4.27. The molecule has 0 rings (SSSR count). The Morgan fingerprint density at radius 1 is 1.40 bits per heavy atom. The van der Waals surface area contributed by atoms with Crippen LogP contribution in [0.5, 0.6) is 0 Å². The quantitative estimate of drug-likeness (QED) is 0.723. The van der Waals surface area contributed by atoms with Crippen LogP contribution in [0.25, 0.3) is 0 Å². The zero-order chi connectivity index (χ0) is 12.3. The zero-order valence-corrected chi connectivity index (χ0v) is 9.23. The van der Waals surface area contributed by atoms with E-state index in [-0.39, 0.29) is 0 Å². The maximum Gasteiger partial charge on any atom is 0.409 e. The van der Waals surface area contributed by atoms with Gasteiger partial charge in [0, 0.05) is 0 Å². The van der Waals surface area contributed by atoms with Crippen molar-refractivity contribution in [3.8, 4) is 12.3 Å². The lowest BCUT2D eigenvalue weighted by Gasteiger charge is -2.26. The van der Waals surface area contributed by atoms with E-state index in [1.165, 1.54) is 0 Å². The molecule has 0 aliphatic heterocycles. The normalized spacial score (nSPS) is 15.3. The van der Waals surface area contributed by atoms with E-state index in [1.807, 2.05) is 11.2 Å². The highest BCUT2D eigenvalue weighted by molar-refractivity contribution is 5.69. The largest absolute Gasteiger partial charge is 0.444 e. The molecular weight excluding hydrogens is 204 g/mol. The van der Waals surface area contributed by atoms with Gasteiger partial charge in [-0.05, 0) is 27.7 Å². The van der Waals surface area contributed by atoms with Crippen molar-refractivity contribution in [2.24, 2.45) is 0 Å². The second kappa shape index (κ2) is 4.47. The molecule has 5 heteroatoms. The lowest BCUT2D eigenvalue weighted by atomic mass is 10.1. The fourth-order valence-corrected chi connectivity index (χ4v) is 0.669. The molecule has 0 radical (unpaired) electrons. The minimum Gasteiger partial charge on any atom is -0.444 e. The summed E-state index contributed by atoms with van der Waals surface area (Å²) in [6.07, 6.45) is 1.11. The Morgan fingerprint density at radius 2 is 1.87 bits per heavy atom. The summed E-state index contributed by atoms with van der Waals surface area (Å²) in [5, 5.41) is 1.95. The zero-order valence-electron chi connectivity index (χ0n) is 9.23. The summed E-state index contributed by atoms with van der Waals surface area (Å²) in [7, 11) is 0. The van der Waals surface area contributed by atoms with E-state index < -0.39 is 23.7 Å². The minimum atomic E-state index is -2.85. The summed E-state index contributed by atoms with van der Waals surface area (Å²) in [4.78, 5) is 11.2. The van der Waals surface area contributed by atoms with E-state index in [1.54, 1.807) is 20.8 Å². The van der Waals surface area contributed by atoms with Crippen LogP contribution in [0.1, 0.15) is 27.7 Å². The summed E-state index contributed by atoms with van der Waals surface area (Å²) in [5.74, 6) is 1.83. The molecule has 0 aliphatic carbocycles. The van der Waals surface area contributed by atoms with Gasteiger partial charge in [0.15, 0.2) is 5.54 Å². The molecule has 0 saturated heterocycles. The first kappa shape index (κ1) is 13.7. The first-order valence-corrected chi connectivity index (χ1v) is 4.38. The van der Waals surface area contributed by atoms with Crippen molar-refractivity contribution in [2.75, 3.05) is 0 Å². The molecule has 0 fully saturated rings. The lowest BCUT2D eigenvalue weighted by molar-refractivity contribution is 0.0286. The highest BCUT2D eigenvalue weighted by Crippen LogP contribution is 2.15. The molecule has 3 nitrogen and oxygen atoms in total. The Bertz CT molecular complexity index is 278. The SMILES string of the molecule is C#CC(C)(NC(=O)OC(C)(C)C)C(F)F. The number of alkyl carbamates (subject to hydrolysis) is 1. The number of amides is 1. The predicted octanol–water partition coefficient (Wildman–Crippen LogP) is 2.17. The molecule has 0 bridgehead atoms. The topological polar surface area (TPSA) is 38.3 Å². The van der Waals surface area contributed by atoms with Crippen LogP contribution < -0.4 is 5.32 Å². The molecule has 15 heavy (non-hydrogen) atoms. The standard InChI is InChI=1S/C10H15F2NO2/c1-6-10(5,7(11)12)13-8(14)15-9(2,3)4/h1,7H,2-5H3,(H,13,14). The third kappa shape index (κ3) is 4.63. The molecule has 0 heterocycles. The van der Waals surface area contributed by atoms with Crippen molar-refractivity contribution < 1.29 is 18.3 Å². The van der Waals surface area contributed by atoms with E-state index >= 15 is 0 Å². The molecule has 1 atom stereocenters. The van der Waals surface area contributed by atoms with Crippen molar-refractivity contribution in [2.45, 2.75) is 45.3 Å². The molecule has 0 saturated carbocycles. The van der Waals surface area contributed by atoms with Crippen LogP contribution in [0.3, 0.4) is 0 Å². The predicted molar refractivity (Wildman–Crippen MR) is 52.6 cm³/mol. The summed E-state index contributed by atoms with van der Waals surface area (Å²) in [5.41, 5.74) is -2.75. The maximum absolute atomic E-state index is 12.5. The fourth-order valence-electron chi connectivity index (χ4n) is 0.669. The summed E-state index contributed by atoms with van der Waals surface area (Å²) < 4.78 is 29.7. The molecule has 1 unspecified atom stereocenters. The molecule has 86 valence electrons. The number of carbonyl (C=O) groups excluding carboxylic acids is 1. The van der Waals surface area contributed by atoms with E-state index in [4.69, 9.17) is 11.2 Å². The van der Waals surface area contributed by atoms with Crippen molar-refractivity contribution >= 4 is 6.09 Å². The number of halogens is 2. The minimum absolute atomic E-state index is 0.748. The van der Waals surface area contributed by atoms with E-state index in [0.717, 1.165) is 6.92 Å². The van der Waals surface area contributed by atoms with Crippen LogP contribution >= 0.6 is 0 Å². The van der Waals surface area contributed by atoms with Crippen molar-refractivity contribution in [1.29, 1.82) is 0 Å². The van der Waals surface area contributed by atoms with Gasteiger partial charge < -0.3 is 4.74 Å². The van der Waals surface area contributed by atoms with Gasteiger partial charge >= 0.3 is 6.09 Å². The summed E-state index contributed by atoms with van der Waals surface area (Å²) >= 11 is 0. The number of hydrogen-bond acceptors (Lipinski definition) is 2. The van der Waals surface area contributed by atoms with Gasteiger partial charge in [-0.25, -0.2) is 13.6 Å². The Hall–Kier alpha value is -1.31. The number of ether oxygens (including phenoxy) is 1. The van der Waals surface area contributed by atoms with Crippen molar-refractivity contribution in [3.05, 3.63) is 0 Å². The molecule has 0 aromatic heterocycles. The molecule has 1 amide bonds.